The second-order valence-electron chi connectivity index (χ2n) is 2.62. The third-order valence-corrected chi connectivity index (χ3v) is 1.34. The summed E-state index contributed by atoms with van der Waals surface area (Å²) < 4.78 is 10.3. The van der Waals surface area contributed by atoms with Crippen molar-refractivity contribution in [2.24, 2.45) is 10.9 Å². The third kappa shape index (κ3) is 8.99. The Morgan fingerprint density at radius 2 is 2.15 bits per heavy atom. The van der Waals surface area contributed by atoms with E-state index in [-0.39, 0.29) is 5.92 Å². The van der Waals surface area contributed by atoms with E-state index in [2.05, 4.69) is 11.1 Å². The molecule has 0 bridgehead atoms. The maximum Gasteiger partial charge on any atom is 0.0815 e. The van der Waals surface area contributed by atoms with Gasteiger partial charge >= 0.3 is 0 Å². The van der Waals surface area contributed by atoms with E-state index < -0.39 is 0 Å². The van der Waals surface area contributed by atoms with Crippen LogP contribution in [-0.4, -0.2) is 39.7 Å². The van der Waals surface area contributed by atoms with Gasteiger partial charge < -0.3 is 9.47 Å². The van der Waals surface area contributed by atoms with Gasteiger partial charge in [-0.2, -0.15) is 5.26 Å². The Labute approximate surface area is 79.2 Å². The molecular formula is C9H16N2O2. The number of hydrogen-bond acceptors (Lipinski definition) is 4. The van der Waals surface area contributed by atoms with Gasteiger partial charge in [0.15, 0.2) is 0 Å². The molecule has 4 heteroatoms. The Morgan fingerprint density at radius 1 is 1.46 bits per heavy atom. The average Bonchev–Trinajstić information content (AvgIpc) is 2.16. The minimum atomic E-state index is -0.0443. The summed E-state index contributed by atoms with van der Waals surface area (Å²) in [6.45, 7) is 3.90. The molecule has 0 aliphatic carbocycles. The van der Waals surface area contributed by atoms with Crippen LogP contribution in [0, 0.1) is 17.2 Å². The summed E-state index contributed by atoms with van der Waals surface area (Å²) in [6, 6.07) is 2.09. The molecule has 0 aromatic carbocycles. The molecule has 0 saturated heterocycles. The third-order valence-electron chi connectivity index (χ3n) is 1.34. The van der Waals surface area contributed by atoms with Crippen molar-refractivity contribution in [3.05, 3.63) is 0 Å². The number of nitrogens with zero attached hydrogens (tertiary/aromatic N) is 2. The van der Waals surface area contributed by atoms with Crippen LogP contribution < -0.4 is 0 Å². The standard InChI is InChI=1S/C9H16N2O2/c1-9(7-10)8-13-6-5-12-4-3-11-2/h3,9H,4-6,8H2,1-2H3/b11-3-. The van der Waals surface area contributed by atoms with Gasteiger partial charge in [-0.3, -0.25) is 4.99 Å². The Balaban J connectivity index is 3.05. The van der Waals surface area contributed by atoms with E-state index in [1.54, 1.807) is 13.3 Å². The largest absolute Gasteiger partial charge is 0.378 e. The number of rotatable bonds is 7. The Kier molecular flexibility index (Phi) is 8.52. The van der Waals surface area contributed by atoms with Gasteiger partial charge in [-0.25, -0.2) is 0 Å². The lowest BCUT2D eigenvalue weighted by Gasteiger charge is -2.04. The van der Waals surface area contributed by atoms with Crippen LogP contribution in [-0.2, 0) is 9.47 Å². The summed E-state index contributed by atoms with van der Waals surface area (Å²) in [5, 5.41) is 8.43. The first kappa shape index (κ1) is 12.1. The second kappa shape index (κ2) is 9.17. The first-order valence-electron chi connectivity index (χ1n) is 4.27. The highest BCUT2D eigenvalue weighted by molar-refractivity contribution is 5.58. The zero-order valence-corrected chi connectivity index (χ0v) is 8.19. The number of nitriles is 1. The van der Waals surface area contributed by atoms with Crippen molar-refractivity contribution in [3.8, 4) is 6.07 Å². The molecule has 74 valence electrons. The van der Waals surface area contributed by atoms with Gasteiger partial charge in [0.25, 0.3) is 0 Å². The number of hydrogen-bond donors (Lipinski definition) is 0. The van der Waals surface area contributed by atoms with Gasteiger partial charge in [-0.1, -0.05) is 0 Å². The maximum absolute atomic E-state index is 8.43. The van der Waals surface area contributed by atoms with E-state index in [1.165, 1.54) is 0 Å². The van der Waals surface area contributed by atoms with Crippen molar-refractivity contribution in [1.82, 2.24) is 0 Å². The van der Waals surface area contributed by atoms with Crippen molar-refractivity contribution >= 4 is 6.21 Å². The molecule has 0 aromatic heterocycles. The quantitative estimate of drug-likeness (QED) is 0.436. The Bertz CT molecular complexity index is 175. The summed E-state index contributed by atoms with van der Waals surface area (Å²) >= 11 is 0. The molecule has 0 aromatic rings. The lowest BCUT2D eigenvalue weighted by Crippen LogP contribution is -2.10. The normalized spacial score (nSPS) is 13.0. The van der Waals surface area contributed by atoms with Crippen LogP contribution in [0.3, 0.4) is 0 Å². The maximum atomic E-state index is 8.43. The van der Waals surface area contributed by atoms with Crippen LogP contribution in [0.4, 0.5) is 0 Å². The van der Waals surface area contributed by atoms with Gasteiger partial charge in [0, 0.05) is 13.3 Å². The number of ether oxygens (including phenoxy) is 2. The Morgan fingerprint density at radius 3 is 2.77 bits per heavy atom. The lowest BCUT2D eigenvalue weighted by molar-refractivity contribution is 0.0548. The van der Waals surface area contributed by atoms with Crippen LogP contribution >= 0.6 is 0 Å². The monoisotopic (exact) mass is 184 g/mol. The van der Waals surface area contributed by atoms with E-state index in [0.29, 0.717) is 26.4 Å². The molecule has 0 fully saturated rings. The molecule has 0 heterocycles. The molecule has 0 aliphatic rings. The first-order chi connectivity index (χ1) is 6.31. The molecule has 0 amide bonds. The van der Waals surface area contributed by atoms with Crippen molar-refractivity contribution < 1.29 is 9.47 Å². The van der Waals surface area contributed by atoms with Crippen molar-refractivity contribution in [1.29, 1.82) is 5.26 Å². The van der Waals surface area contributed by atoms with Crippen LogP contribution in [0.5, 0.6) is 0 Å². The minimum Gasteiger partial charge on any atom is -0.378 e. The SMILES string of the molecule is C/N=C\COCCOCC(C)C#N. The summed E-state index contributed by atoms with van der Waals surface area (Å²) in [4.78, 5) is 3.76. The van der Waals surface area contributed by atoms with Crippen LogP contribution in [0.2, 0.25) is 0 Å². The molecule has 0 N–H and O–H groups in total. The molecule has 4 nitrogen and oxygen atoms in total. The Hall–Kier alpha value is -0.920. The zero-order chi connectivity index (χ0) is 9.94. The van der Waals surface area contributed by atoms with Gasteiger partial charge in [0.05, 0.1) is 38.4 Å². The van der Waals surface area contributed by atoms with Crippen LogP contribution in [0.25, 0.3) is 0 Å². The van der Waals surface area contributed by atoms with Crippen molar-refractivity contribution in [2.75, 3.05) is 33.5 Å². The van der Waals surface area contributed by atoms with E-state index in [9.17, 15) is 0 Å². The van der Waals surface area contributed by atoms with Gasteiger partial charge in [0.2, 0.25) is 0 Å². The molecule has 0 aliphatic heterocycles. The fourth-order valence-electron chi connectivity index (χ4n) is 0.626. The highest BCUT2D eigenvalue weighted by Crippen LogP contribution is 1.91. The van der Waals surface area contributed by atoms with E-state index >= 15 is 0 Å². The van der Waals surface area contributed by atoms with Gasteiger partial charge in [-0.15, -0.1) is 0 Å². The summed E-state index contributed by atoms with van der Waals surface area (Å²) in [6.07, 6.45) is 1.69. The average molecular weight is 184 g/mol. The summed E-state index contributed by atoms with van der Waals surface area (Å²) in [7, 11) is 1.70. The zero-order valence-electron chi connectivity index (χ0n) is 8.19. The molecule has 0 saturated carbocycles. The van der Waals surface area contributed by atoms with Crippen LogP contribution in [0.1, 0.15) is 6.92 Å². The molecular weight excluding hydrogens is 168 g/mol. The molecule has 1 unspecified atom stereocenters. The summed E-state index contributed by atoms with van der Waals surface area (Å²) in [5.41, 5.74) is 0. The van der Waals surface area contributed by atoms with Crippen LogP contribution in [0.15, 0.2) is 4.99 Å². The van der Waals surface area contributed by atoms with Gasteiger partial charge in [-0.05, 0) is 6.92 Å². The lowest BCUT2D eigenvalue weighted by atomic mass is 10.2. The van der Waals surface area contributed by atoms with E-state index in [0.717, 1.165) is 0 Å². The van der Waals surface area contributed by atoms with E-state index in [4.69, 9.17) is 14.7 Å². The molecule has 13 heavy (non-hydrogen) atoms. The molecule has 0 radical (unpaired) electrons. The molecule has 0 rings (SSSR count). The molecule has 0 spiro atoms. The fourth-order valence-corrected chi connectivity index (χ4v) is 0.626. The van der Waals surface area contributed by atoms with Crippen molar-refractivity contribution in [2.45, 2.75) is 6.92 Å². The van der Waals surface area contributed by atoms with Gasteiger partial charge in [0.1, 0.15) is 0 Å². The van der Waals surface area contributed by atoms with E-state index in [1.807, 2.05) is 6.92 Å². The topological polar surface area (TPSA) is 54.6 Å². The van der Waals surface area contributed by atoms with Crippen molar-refractivity contribution in [3.63, 3.8) is 0 Å². The highest BCUT2D eigenvalue weighted by Gasteiger charge is 1.97. The fraction of sp³-hybridized carbons (Fsp3) is 0.778. The molecule has 1 atom stereocenters. The second-order valence-corrected chi connectivity index (χ2v) is 2.62. The predicted octanol–water partition coefficient (Wildman–Crippen LogP) is 0.880. The smallest absolute Gasteiger partial charge is 0.0815 e. The highest BCUT2D eigenvalue weighted by atomic mass is 16.5. The summed E-state index contributed by atoms with van der Waals surface area (Å²) in [5.74, 6) is -0.0443. The first-order valence-corrected chi connectivity index (χ1v) is 4.27. The predicted molar refractivity (Wildman–Crippen MR) is 50.8 cm³/mol. The number of aliphatic imine (C=N–C) groups is 1. The minimum absolute atomic E-state index is 0.0443.